The Bertz CT molecular complexity index is 622. The SMILES string of the molecule is CNC(=O)C1CCCN1C(=O)NC(c1ccc(F)cc1F)C(C)C. The molecule has 0 spiro atoms. The number of rotatable bonds is 4. The molecule has 132 valence electrons. The van der Waals surface area contributed by atoms with Crippen molar-refractivity contribution in [2.45, 2.75) is 38.8 Å². The Morgan fingerprint density at radius 3 is 2.58 bits per heavy atom. The van der Waals surface area contributed by atoms with Crippen molar-refractivity contribution in [1.29, 1.82) is 0 Å². The van der Waals surface area contributed by atoms with Gasteiger partial charge in [0.05, 0.1) is 6.04 Å². The van der Waals surface area contributed by atoms with Gasteiger partial charge in [0.25, 0.3) is 0 Å². The van der Waals surface area contributed by atoms with E-state index < -0.39 is 29.7 Å². The number of amides is 3. The summed E-state index contributed by atoms with van der Waals surface area (Å²) in [5.74, 6) is -1.67. The minimum absolute atomic E-state index is 0.102. The zero-order chi connectivity index (χ0) is 17.9. The first-order chi connectivity index (χ1) is 11.3. The Kier molecular flexibility index (Phi) is 5.75. The Hall–Kier alpha value is -2.18. The van der Waals surface area contributed by atoms with E-state index in [-0.39, 0.29) is 17.4 Å². The summed E-state index contributed by atoms with van der Waals surface area (Å²) in [5.41, 5.74) is 0.232. The Balaban J connectivity index is 2.18. The third kappa shape index (κ3) is 3.83. The molecule has 2 rings (SSSR count). The average molecular weight is 339 g/mol. The summed E-state index contributed by atoms with van der Waals surface area (Å²) in [6.07, 6.45) is 1.34. The Morgan fingerprint density at radius 2 is 2.00 bits per heavy atom. The molecule has 0 aliphatic carbocycles. The summed E-state index contributed by atoms with van der Waals surface area (Å²) >= 11 is 0. The number of nitrogens with zero attached hydrogens (tertiary/aromatic N) is 1. The first kappa shape index (κ1) is 18.2. The maximum atomic E-state index is 14.1. The molecule has 0 bridgehead atoms. The molecule has 0 aromatic heterocycles. The van der Waals surface area contributed by atoms with Crippen LogP contribution in [0.2, 0.25) is 0 Å². The standard InChI is InChI=1S/C17H23F2N3O2/c1-10(2)15(12-7-6-11(18)9-13(12)19)21-17(24)22-8-4-5-14(22)16(23)20-3/h6-7,9-10,14-15H,4-5,8H2,1-3H3,(H,20,23)(H,21,24). The molecule has 2 unspecified atom stereocenters. The summed E-state index contributed by atoms with van der Waals surface area (Å²) in [6, 6.07) is 1.78. The van der Waals surface area contributed by atoms with Crippen molar-refractivity contribution >= 4 is 11.9 Å². The monoisotopic (exact) mass is 339 g/mol. The van der Waals surface area contributed by atoms with Crippen molar-refractivity contribution < 1.29 is 18.4 Å². The van der Waals surface area contributed by atoms with Crippen LogP contribution < -0.4 is 10.6 Å². The van der Waals surface area contributed by atoms with E-state index in [9.17, 15) is 18.4 Å². The minimum atomic E-state index is -0.696. The molecule has 1 aliphatic heterocycles. The number of carbonyl (C=O) groups is 2. The molecule has 0 radical (unpaired) electrons. The van der Waals surface area contributed by atoms with Gasteiger partial charge in [-0.25, -0.2) is 13.6 Å². The highest BCUT2D eigenvalue weighted by Crippen LogP contribution is 2.26. The van der Waals surface area contributed by atoms with Crippen molar-refractivity contribution in [2.75, 3.05) is 13.6 Å². The van der Waals surface area contributed by atoms with E-state index >= 15 is 0 Å². The number of nitrogens with one attached hydrogen (secondary N) is 2. The van der Waals surface area contributed by atoms with Crippen LogP contribution in [0.4, 0.5) is 13.6 Å². The van der Waals surface area contributed by atoms with Gasteiger partial charge in [-0.05, 0) is 24.8 Å². The van der Waals surface area contributed by atoms with E-state index in [4.69, 9.17) is 0 Å². The molecule has 2 N–H and O–H groups in total. The quantitative estimate of drug-likeness (QED) is 0.886. The second-order valence-electron chi connectivity index (χ2n) is 6.30. The number of halogens is 2. The summed E-state index contributed by atoms with van der Waals surface area (Å²) in [7, 11) is 1.53. The highest BCUT2D eigenvalue weighted by molar-refractivity contribution is 5.87. The lowest BCUT2D eigenvalue weighted by molar-refractivity contribution is -0.124. The molecule has 7 heteroatoms. The molecule has 1 fully saturated rings. The van der Waals surface area contributed by atoms with Crippen molar-refractivity contribution in [2.24, 2.45) is 5.92 Å². The lowest BCUT2D eigenvalue weighted by Crippen LogP contribution is -2.50. The Labute approximate surface area is 140 Å². The molecule has 24 heavy (non-hydrogen) atoms. The van der Waals surface area contributed by atoms with Crippen LogP contribution in [-0.2, 0) is 4.79 Å². The predicted molar refractivity (Wildman–Crippen MR) is 86.3 cm³/mol. The molecule has 1 aliphatic rings. The van der Waals surface area contributed by atoms with Gasteiger partial charge in [0.15, 0.2) is 0 Å². The minimum Gasteiger partial charge on any atom is -0.357 e. The van der Waals surface area contributed by atoms with E-state index in [1.165, 1.54) is 24.1 Å². The van der Waals surface area contributed by atoms with Gasteiger partial charge in [0.1, 0.15) is 17.7 Å². The fourth-order valence-corrected chi connectivity index (χ4v) is 3.02. The molecular formula is C17H23F2N3O2. The lowest BCUT2D eigenvalue weighted by Gasteiger charge is -2.29. The van der Waals surface area contributed by atoms with Crippen LogP contribution in [0.5, 0.6) is 0 Å². The van der Waals surface area contributed by atoms with Crippen LogP contribution in [0.1, 0.15) is 38.3 Å². The summed E-state index contributed by atoms with van der Waals surface area (Å²) in [6.45, 7) is 4.16. The van der Waals surface area contributed by atoms with Gasteiger partial charge in [-0.2, -0.15) is 0 Å². The average Bonchev–Trinajstić information content (AvgIpc) is 3.01. The van der Waals surface area contributed by atoms with Gasteiger partial charge in [-0.1, -0.05) is 19.9 Å². The van der Waals surface area contributed by atoms with Crippen molar-refractivity contribution in [3.63, 3.8) is 0 Å². The molecule has 1 aromatic rings. The van der Waals surface area contributed by atoms with Crippen molar-refractivity contribution in [3.8, 4) is 0 Å². The number of urea groups is 1. The molecule has 2 atom stereocenters. The number of benzene rings is 1. The van der Waals surface area contributed by atoms with Crippen molar-refractivity contribution in [1.82, 2.24) is 15.5 Å². The number of carbonyl (C=O) groups excluding carboxylic acids is 2. The largest absolute Gasteiger partial charge is 0.357 e. The molecule has 5 nitrogen and oxygen atoms in total. The van der Waals surface area contributed by atoms with E-state index in [0.717, 1.165) is 12.5 Å². The zero-order valence-corrected chi connectivity index (χ0v) is 14.1. The van der Waals surface area contributed by atoms with Crippen LogP contribution in [0, 0.1) is 17.6 Å². The number of hydrogen-bond acceptors (Lipinski definition) is 2. The van der Waals surface area contributed by atoms with Crippen LogP contribution >= 0.6 is 0 Å². The van der Waals surface area contributed by atoms with Crippen LogP contribution in [-0.4, -0.2) is 36.5 Å². The predicted octanol–water partition coefficient (Wildman–Crippen LogP) is 2.58. The third-order valence-corrected chi connectivity index (χ3v) is 4.31. The molecule has 3 amide bonds. The first-order valence-electron chi connectivity index (χ1n) is 8.08. The van der Waals surface area contributed by atoms with Gasteiger partial charge in [-0.3, -0.25) is 4.79 Å². The maximum Gasteiger partial charge on any atom is 0.318 e. The van der Waals surface area contributed by atoms with Gasteiger partial charge in [0, 0.05) is 25.2 Å². The molecule has 1 aromatic carbocycles. The smallest absolute Gasteiger partial charge is 0.318 e. The number of hydrogen-bond donors (Lipinski definition) is 2. The summed E-state index contributed by atoms with van der Waals surface area (Å²) in [5, 5.41) is 5.34. The number of likely N-dealkylation sites (tertiary alicyclic amines) is 1. The third-order valence-electron chi connectivity index (χ3n) is 4.31. The van der Waals surface area contributed by atoms with E-state index in [1.807, 2.05) is 13.8 Å². The van der Waals surface area contributed by atoms with Gasteiger partial charge in [-0.15, -0.1) is 0 Å². The van der Waals surface area contributed by atoms with Gasteiger partial charge >= 0.3 is 6.03 Å². The highest BCUT2D eigenvalue weighted by Gasteiger charge is 2.35. The molecule has 1 heterocycles. The molecule has 1 saturated heterocycles. The second kappa shape index (κ2) is 7.59. The summed E-state index contributed by atoms with van der Waals surface area (Å²) in [4.78, 5) is 25.9. The van der Waals surface area contributed by atoms with Gasteiger partial charge in [0.2, 0.25) is 5.91 Å². The first-order valence-corrected chi connectivity index (χ1v) is 8.08. The highest BCUT2D eigenvalue weighted by atomic mass is 19.1. The number of likely N-dealkylation sites (N-methyl/N-ethyl adjacent to an activating group) is 1. The topological polar surface area (TPSA) is 61.4 Å². The van der Waals surface area contributed by atoms with Crippen LogP contribution in [0.3, 0.4) is 0 Å². The Morgan fingerprint density at radius 1 is 1.29 bits per heavy atom. The van der Waals surface area contributed by atoms with Crippen LogP contribution in [0.15, 0.2) is 18.2 Å². The van der Waals surface area contributed by atoms with E-state index in [0.29, 0.717) is 13.0 Å². The van der Waals surface area contributed by atoms with Gasteiger partial charge < -0.3 is 15.5 Å². The fraction of sp³-hybridized carbons (Fsp3) is 0.529. The van der Waals surface area contributed by atoms with Crippen LogP contribution in [0.25, 0.3) is 0 Å². The van der Waals surface area contributed by atoms with E-state index in [2.05, 4.69) is 10.6 Å². The second-order valence-corrected chi connectivity index (χ2v) is 6.30. The molecular weight excluding hydrogens is 316 g/mol. The van der Waals surface area contributed by atoms with E-state index in [1.54, 1.807) is 0 Å². The van der Waals surface area contributed by atoms with Crippen molar-refractivity contribution in [3.05, 3.63) is 35.4 Å². The zero-order valence-electron chi connectivity index (χ0n) is 14.1. The summed E-state index contributed by atoms with van der Waals surface area (Å²) < 4.78 is 27.2. The molecule has 0 saturated carbocycles. The lowest BCUT2D eigenvalue weighted by atomic mass is 9.95. The maximum absolute atomic E-state index is 14.1. The normalized spacial score (nSPS) is 18.6. The fourth-order valence-electron chi connectivity index (χ4n) is 3.02.